The van der Waals surface area contributed by atoms with Crippen LogP contribution in [0.5, 0.6) is 5.75 Å². The van der Waals surface area contributed by atoms with Crippen LogP contribution in [-0.4, -0.2) is 5.78 Å². The number of hydrogen-bond acceptors (Lipinski definition) is 2. The van der Waals surface area contributed by atoms with Gasteiger partial charge in [0.1, 0.15) is 17.7 Å². The first-order valence-electron chi connectivity index (χ1n) is 6.30. The molecule has 1 heterocycles. The van der Waals surface area contributed by atoms with E-state index in [0.29, 0.717) is 21.9 Å². The van der Waals surface area contributed by atoms with Crippen LogP contribution in [0.1, 0.15) is 34.0 Å². The van der Waals surface area contributed by atoms with E-state index >= 15 is 0 Å². The number of rotatable bonds is 1. The molecule has 1 aliphatic rings. The molecular formula is C16H12ClFO2. The molecule has 0 aromatic heterocycles. The summed E-state index contributed by atoms with van der Waals surface area (Å²) in [6.45, 7) is 1.69. The van der Waals surface area contributed by atoms with Gasteiger partial charge in [-0.05, 0) is 48.4 Å². The van der Waals surface area contributed by atoms with E-state index in [-0.39, 0.29) is 24.1 Å². The second-order valence-electron chi connectivity index (χ2n) is 4.88. The second kappa shape index (κ2) is 4.91. The van der Waals surface area contributed by atoms with Gasteiger partial charge in [0.15, 0.2) is 5.78 Å². The lowest BCUT2D eigenvalue weighted by Gasteiger charge is -2.25. The fourth-order valence-electron chi connectivity index (χ4n) is 2.35. The van der Waals surface area contributed by atoms with E-state index in [0.717, 1.165) is 5.56 Å². The number of hydrogen-bond donors (Lipinski definition) is 0. The standard InChI is InChI=1S/C16H12ClFO2/c1-9-6-10(2-4-13(9)18)16-8-14(19)12-7-11(17)3-5-15(12)20-16/h2-7,16H,8H2,1H3. The first-order chi connectivity index (χ1) is 9.54. The van der Waals surface area contributed by atoms with Crippen molar-refractivity contribution in [1.82, 2.24) is 0 Å². The quantitative estimate of drug-likeness (QED) is 0.773. The van der Waals surface area contributed by atoms with Crippen LogP contribution in [0.2, 0.25) is 5.02 Å². The van der Waals surface area contributed by atoms with Gasteiger partial charge in [0.05, 0.1) is 12.0 Å². The molecular weight excluding hydrogens is 279 g/mol. The maximum Gasteiger partial charge on any atom is 0.170 e. The summed E-state index contributed by atoms with van der Waals surface area (Å²) in [5, 5.41) is 0.511. The molecule has 1 atom stereocenters. The Morgan fingerprint density at radius 1 is 1.25 bits per heavy atom. The van der Waals surface area contributed by atoms with Crippen LogP contribution in [0.4, 0.5) is 4.39 Å². The van der Waals surface area contributed by atoms with Gasteiger partial charge in [-0.2, -0.15) is 0 Å². The maximum atomic E-state index is 13.3. The molecule has 102 valence electrons. The molecule has 2 aromatic rings. The molecule has 2 aromatic carbocycles. The van der Waals surface area contributed by atoms with Crippen molar-refractivity contribution < 1.29 is 13.9 Å². The molecule has 0 bridgehead atoms. The summed E-state index contributed by atoms with van der Waals surface area (Å²) in [5.41, 5.74) is 1.85. The third-order valence-electron chi connectivity index (χ3n) is 3.44. The maximum absolute atomic E-state index is 13.3. The lowest BCUT2D eigenvalue weighted by molar-refractivity contribution is 0.0850. The Hall–Kier alpha value is -1.87. The number of ketones is 1. The second-order valence-corrected chi connectivity index (χ2v) is 5.32. The summed E-state index contributed by atoms with van der Waals surface area (Å²) < 4.78 is 19.1. The lowest BCUT2D eigenvalue weighted by atomic mass is 9.95. The Morgan fingerprint density at radius 3 is 2.80 bits per heavy atom. The molecule has 3 rings (SSSR count). The number of carbonyl (C=O) groups excluding carboxylic acids is 1. The first kappa shape index (κ1) is 13.1. The largest absolute Gasteiger partial charge is 0.484 e. The van der Waals surface area contributed by atoms with E-state index in [9.17, 15) is 9.18 Å². The van der Waals surface area contributed by atoms with Crippen molar-refractivity contribution in [2.24, 2.45) is 0 Å². The predicted molar refractivity (Wildman–Crippen MR) is 74.9 cm³/mol. The Balaban J connectivity index is 1.97. The smallest absolute Gasteiger partial charge is 0.170 e. The minimum absolute atomic E-state index is 0.0132. The predicted octanol–water partition coefficient (Wildman–Crippen LogP) is 4.49. The van der Waals surface area contributed by atoms with Crippen molar-refractivity contribution in [2.75, 3.05) is 0 Å². The topological polar surface area (TPSA) is 26.3 Å². The highest BCUT2D eigenvalue weighted by molar-refractivity contribution is 6.31. The van der Waals surface area contributed by atoms with E-state index in [1.165, 1.54) is 6.07 Å². The zero-order valence-electron chi connectivity index (χ0n) is 10.8. The van der Waals surface area contributed by atoms with Crippen molar-refractivity contribution in [2.45, 2.75) is 19.4 Å². The number of halogens is 2. The average Bonchev–Trinajstić information content (AvgIpc) is 2.42. The summed E-state index contributed by atoms with van der Waals surface area (Å²) in [5.74, 6) is 0.251. The van der Waals surface area contributed by atoms with Crippen LogP contribution in [0.25, 0.3) is 0 Å². The van der Waals surface area contributed by atoms with Gasteiger partial charge in [-0.15, -0.1) is 0 Å². The van der Waals surface area contributed by atoms with Crippen LogP contribution in [0.3, 0.4) is 0 Å². The van der Waals surface area contributed by atoms with E-state index in [4.69, 9.17) is 16.3 Å². The molecule has 20 heavy (non-hydrogen) atoms. The summed E-state index contributed by atoms with van der Waals surface area (Å²) in [7, 11) is 0. The molecule has 0 N–H and O–H groups in total. The minimum Gasteiger partial charge on any atom is -0.484 e. The summed E-state index contributed by atoms with van der Waals surface area (Å²) in [4.78, 5) is 12.2. The van der Waals surface area contributed by atoms with Gasteiger partial charge < -0.3 is 4.74 Å². The molecule has 0 saturated carbocycles. The summed E-state index contributed by atoms with van der Waals surface area (Å²) in [6, 6.07) is 9.76. The van der Waals surface area contributed by atoms with Gasteiger partial charge in [-0.1, -0.05) is 17.7 Å². The van der Waals surface area contributed by atoms with E-state index in [1.807, 2.05) is 0 Å². The zero-order chi connectivity index (χ0) is 14.3. The fraction of sp³-hybridized carbons (Fsp3) is 0.188. The molecule has 1 unspecified atom stereocenters. The van der Waals surface area contributed by atoms with E-state index in [1.54, 1.807) is 37.3 Å². The molecule has 1 aliphatic heterocycles. The van der Waals surface area contributed by atoms with Crippen LogP contribution in [-0.2, 0) is 0 Å². The van der Waals surface area contributed by atoms with E-state index in [2.05, 4.69) is 0 Å². The first-order valence-corrected chi connectivity index (χ1v) is 6.68. The highest BCUT2D eigenvalue weighted by atomic mass is 35.5. The fourth-order valence-corrected chi connectivity index (χ4v) is 2.52. The van der Waals surface area contributed by atoms with Crippen LogP contribution < -0.4 is 4.74 Å². The van der Waals surface area contributed by atoms with E-state index < -0.39 is 0 Å². The Morgan fingerprint density at radius 2 is 2.05 bits per heavy atom. The van der Waals surface area contributed by atoms with Crippen LogP contribution >= 0.6 is 11.6 Å². The van der Waals surface area contributed by atoms with Gasteiger partial charge in [-0.25, -0.2) is 4.39 Å². The van der Waals surface area contributed by atoms with Crippen molar-refractivity contribution in [3.63, 3.8) is 0 Å². The Labute approximate surface area is 121 Å². The zero-order valence-corrected chi connectivity index (χ0v) is 11.6. The third kappa shape index (κ3) is 2.29. The highest BCUT2D eigenvalue weighted by Crippen LogP contribution is 2.36. The molecule has 0 aliphatic carbocycles. The number of fused-ring (bicyclic) bond motifs is 1. The number of ether oxygens (including phenoxy) is 1. The van der Waals surface area contributed by atoms with Gasteiger partial charge in [0, 0.05) is 5.02 Å². The van der Waals surface area contributed by atoms with Gasteiger partial charge in [0.2, 0.25) is 0 Å². The number of Topliss-reactive ketones (excluding diaryl/α,β-unsaturated/α-hetero) is 1. The van der Waals surface area contributed by atoms with Gasteiger partial charge in [0.25, 0.3) is 0 Å². The van der Waals surface area contributed by atoms with Crippen molar-refractivity contribution >= 4 is 17.4 Å². The van der Waals surface area contributed by atoms with Crippen LogP contribution in [0, 0.1) is 12.7 Å². The number of carbonyl (C=O) groups is 1. The van der Waals surface area contributed by atoms with Crippen molar-refractivity contribution in [3.8, 4) is 5.75 Å². The lowest BCUT2D eigenvalue weighted by Crippen LogP contribution is -2.20. The number of benzene rings is 2. The monoisotopic (exact) mass is 290 g/mol. The van der Waals surface area contributed by atoms with Crippen molar-refractivity contribution in [1.29, 1.82) is 0 Å². The van der Waals surface area contributed by atoms with Gasteiger partial charge in [-0.3, -0.25) is 4.79 Å². The normalized spacial score (nSPS) is 17.6. The van der Waals surface area contributed by atoms with Gasteiger partial charge >= 0.3 is 0 Å². The Kier molecular flexibility index (Phi) is 3.22. The molecule has 2 nitrogen and oxygen atoms in total. The Bertz CT molecular complexity index is 697. The van der Waals surface area contributed by atoms with Crippen LogP contribution in [0.15, 0.2) is 36.4 Å². The molecule has 4 heteroatoms. The van der Waals surface area contributed by atoms with Crippen molar-refractivity contribution in [3.05, 3.63) is 63.9 Å². The minimum atomic E-state index is -0.379. The SMILES string of the molecule is Cc1cc(C2CC(=O)c3cc(Cl)ccc3O2)ccc1F. The molecule has 0 saturated heterocycles. The molecule has 0 radical (unpaired) electrons. The average molecular weight is 291 g/mol. The molecule has 0 spiro atoms. The molecule has 0 amide bonds. The number of aryl methyl sites for hydroxylation is 1. The highest BCUT2D eigenvalue weighted by Gasteiger charge is 2.28. The summed E-state index contributed by atoms with van der Waals surface area (Å²) in [6.07, 6.45) is -0.145. The third-order valence-corrected chi connectivity index (χ3v) is 3.67. The molecule has 0 fully saturated rings. The summed E-state index contributed by atoms with van der Waals surface area (Å²) >= 11 is 5.88.